The molecule has 2 amide bonds. The third kappa shape index (κ3) is 3.68. The van der Waals surface area contributed by atoms with Gasteiger partial charge in [0, 0.05) is 18.0 Å². The molecule has 0 aliphatic rings. The number of nitrogens with zero attached hydrogens (tertiary/aromatic N) is 1. The summed E-state index contributed by atoms with van der Waals surface area (Å²) in [5.41, 5.74) is 2.42. The number of amides is 2. The minimum atomic E-state index is -1.39. The Morgan fingerprint density at radius 1 is 1.26 bits per heavy atom. The number of hydrogen-bond acceptors (Lipinski definition) is 4. The fraction of sp³-hybridized carbons (Fsp3) is 0.312. The van der Waals surface area contributed by atoms with Crippen molar-refractivity contribution in [1.29, 1.82) is 0 Å². The minimum absolute atomic E-state index is 0.405. The predicted octanol–water partition coefficient (Wildman–Crippen LogP) is -0.529. The Morgan fingerprint density at radius 3 is 2.61 bits per heavy atom. The lowest BCUT2D eigenvalue weighted by molar-refractivity contribution is -0.304. The number of aliphatic carboxylic acids is 1. The highest BCUT2D eigenvalue weighted by atomic mass is 16.4. The molecule has 122 valence electrons. The highest BCUT2D eigenvalue weighted by molar-refractivity contribution is 6.01. The first-order chi connectivity index (χ1) is 10.8. The molecule has 0 aliphatic heterocycles. The van der Waals surface area contributed by atoms with Crippen LogP contribution in [0.15, 0.2) is 24.3 Å². The van der Waals surface area contributed by atoms with E-state index in [0.717, 1.165) is 16.5 Å². The molecule has 7 nitrogen and oxygen atoms in total. The number of carbonyl (C=O) groups is 3. The quantitative estimate of drug-likeness (QED) is 0.774. The topological polar surface area (TPSA) is 103 Å². The summed E-state index contributed by atoms with van der Waals surface area (Å²) >= 11 is 0. The van der Waals surface area contributed by atoms with E-state index in [1.807, 2.05) is 25.1 Å². The number of carboxylic acid groups (broad SMARTS) is 1. The van der Waals surface area contributed by atoms with Crippen LogP contribution in [0.5, 0.6) is 0 Å². The zero-order valence-corrected chi connectivity index (χ0v) is 13.2. The first-order valence-electron chi connectivity index (χ1n) is 7.14. The van der Waals surface area contributed by atoms with Crippen molar-refractivity contribution in [2.75, 3.05) is 6.54 Å². The van der Waals surface area contributed by atoms with Crippen LogP contribution in [-0.4, -0.2) is 34.9 Å². The largest absolute Gasteiger partial charge is 0.548 e. The maximum Gasteiger partial charge on any atom is 0.268 e. The monoisotopic (exact) mass is 316 g/mol. The average Bonchev–Trinajstić information content (AvgIpc) is 2.81. The second-order valence-electron chi connectivity index (χ2n) is 5.44. The molecule has 2 rings (SSSR count). The average molecular weight is 316 g/mol. The van der Waals surface area contributed by atoms with Crippen LogP contribution in [0.4, 0.5) is 0 Å². The van der Waals surface area contributed by atoms with Gasteiger partial charge in [0.1, 0.15) is 11.7 Å². The number of aromatic nitrogens is 1. The van der Waals surface area contributed by atoms with Crippen LogP contribution in [0.1, 0.15) is 23.0 Å². The second kappa shape index (κ2) is 6.51. The molecule has 1 aromatic carbocycles. The summed E-state index contributed by atoms with van der Waals surface area (Å²) in [6, 6.07) is 6.75. The molecule has 2 aromatic rings. The number of hydrogen-bond donors (Lipinski definition) is 2. The molecule has 1 heterocycles. The summed E-state index contributed by atoms with van der Waals surface area (Å²) in [6.07, 6.45) is 0. The number of rotatable bonds is 5. The Labute approximate surface area is 133 Å². The smallest absolute Gasteiger partial charge is 0.268 e. The molecule has 2 N–H and O–H groups in total. The zero-order valence-electron chi connectivity index (χ0n) is 13.2. The van der Waals surface area contributed by atoms with Gasteiger partial charge in [-0.3, -0.25) is 9.59 Å². The lowest BCUT2D eigenvalue weighted by atomic mass is 10.2. The molecule has 1 atom stereocenters. The van der Waals surface area contributed by atoms with E-state index in [1.54, 1.807) is 17.7 Å². The van der Waals surface area contributed by atoms with Gasteiger partial charge in [0.25, 0.3) is 5.91 Å². The molecule has 0 aliphatic carbocycles. The Morgan fingerprint density at radius 2 is 1.96 bits per heavy atom. The van der Waals surface area contributed by atoms with Gasteiger partial charge in [-0.1, -0.05) is 11.6 Å². The van der Waals surface area contributed by atoms with Crippen LogP contribution in [0, 0.1) is 6.92 Å². The number of fused-ring (bicyclic) bond motifs is 1. The Kier molecular flexibility index (Phi) is 4.68. The van der Waals surface area contributed by atoms with Crippen LogP contribution < -0.4 is 15.7 Å². The summed E-state index contributed by atoms with van der Waals surface area (Å²) < 4.78 is 1.75. The van der Waals surface area contributed by atoms with E-state index in [-0.39, 0.29) is 0 Å². The van der Waals surface area contributed by atoms with Gasteiger partial charge in [-0.15, -0.1) is 0 Å². The van der Waals surface area contributed by atoms with Gasteiger partial charge in [0.05, 0.1) is 12.5 Å². The van der Waals surface area contributed by atoms with Crippen molar-refractivity contribution in [3.63, 3.8) is 0 Å². The molecule has 1 aromatic heterocycles. The second-order valence-corrected chi connectivity index (χ2v) is 5.44. The zero-order chi connectivity index (χ0) is 17.1. The molecular formula is C16H18N3O4-. The van der Waals surface area contributed by atoms with Gasteiger partial charge in [0.15, 0.2) is 0 Å². The minimum Gasteiger partial charge on any atom is -0.548 e. The third-order valence-electron chi connectivity index (χ3n) is 3.58. The predicted molar refractivity (Wildman–Crippen MR) is 82.6 cm³/mol. The molecule has 0 radical (unpaired) electrons. The van der Waals surface area contributed by atoms with Crippen LogP contribution in [0.25, 0.3) is 10.9 Å². The highest BCUT2D eigenvalue weighted by Crippen LogP contribution is 2.20. The molecule has 0 saturated carbocycles. The van der Waals surface area contributed by atoms with Crippen LogP contribution in [-0.2, 0) is 16.6 Å². The maximum absolute atomic E-state index is 12.3. The molecule has 0 bridgehead atoms. The number of aryl methyl sites for hydroxylation is 2. The SMILES string of the molecule is Cc1ccc2c(c1)cc(C(=O)N[C@@H](C)C(=O)NCC(=O)[O-])n2C. The molecule has 7 heteroatoms. The van der Waals surface area contributed by atoms with Crippen molar-refractivity contribution in [2.45, 2.75) is 19.9 Å². The normalized spacial score (nSPS) is 12.0. The number of carbonyl (C=O) groups excluding carboxylic acids is 3. The number of benzene rings is 1. The molecular weight excluding hydrogens is 298 g/mol. The van der Waals surface area contributed by atoms with Gasteiger partial charge in [-0.2, -0.15) is 0 Å². The van der Waals surface area contributed by atoms with Gasteiger partial charge < -0.3 is 25.1 Å². The first kappa shape index (κ1) is 16.5. The van der Waals surface area contributed by atoms with E-state index in [9.17, 15) is 19.5 Å². The van der Waals surface area contributed by atoms with Crippen LogP contribution >= 0.6 is 0 Å². The maximum atomic E-state index is 12.3. The van der Waals surface area contributed by atoms with Crippen molar-refractivity contribution in [3.05, 3.63) is 35.5 Å². The summed E-state index contributed by atoms with van der Waals surface area (Å²) in [6.45, 7) is 2.86. The van der Waals surface area contributed by atoms with E-state index >= 15 is 0 Å². The van der Waals surface area contributed by atoms with Gasteiger partial charge in [-0.25, -0.2) is 0 Å². The highest BCUT2D eigenvalue weighted by Gasteiger charge is 2.19. The summed E-state index contributed by atoms with van der Waals surface area (Å²) in [5.74, 6) is -2.38. The van der Waals surface area contributed by atoms with Gasteiger partial charge in [-0.05, 0) is 32.0 Å². The standard InChI is InChI=1S/C16H19N3O4/c1-9-4-5-12-11(6-9)7-13(19(12)3)16(23)18-10(2)15(22)17-8-14(20)21/h4-7,10H,8H2,1-3H3,(H,17,22)(H,18,23)(H,20,21)/p-1/t10-/m0/s1. The van der Waals surface area contributed by atoms with E-state index in [1.165, 1.54) is 6.92 Å². The lowest BCUT2D eigenvalue weighted by Crippen LogP contribution is -2.48. The third-order valence-corrected chi connectivity index (χ3v) is 3.58. The van der Waals surface area contributed by atoms with Crippen molar-refractivity contribution in [2.24, 2.45) is 7.05 Å². The van der Waals surface area contributed by atoms with Crippen molar-refractivity contribution < 1.29 is 19.5 Å². The fourth-order valence-electron chi connectivity index (χ4n) is 2.34. The van der Waals surface area contributed by atoms with Gasteiger partial charge >= 0.3 is 0 Å². The van der Waals surface area contributed by atoms with E-state index < -0.39 is 30.4 Å². The van der Waals surface area contributed by atoms with Crippen molar-refractivity contribution >= 4 is 28.7 Å². The van der Waals surface area contributed by atoms with E-state index in [4.69, 9.17) is 0 Å². The molecule has 0 fully saturated rings. The summed E-state index contributed by atoms with van der Waals surface area (Å²) in [5, 5.41) is 16.0. The Bertz CT molecular complexity index is 779. The Balaban J connectivity index is 2.13. The molecule has 0 saturated heterocycles. The van der Waals surface area contributed by atoms with Crippen molar-refractivity contribution in [3.8, 4) is 0 Å². The van der Waals surface area contributed by atoms with E-state index in [2.05, 4.69) is 10.6 Å². The van der Waals surface area contributed by atoms with Crippen molar-refractivity contribution in [1.82, 2.24) is 15.2 Å². The summed E-state index contributed by atoms with van der Waals surface area (Å²) in [7, 11) is 1.77. The van der Waals surface area contributed by atoms with Crippen LogP contribution in [0.3, 0.4) is 0 Å². The lowest BCUT2D eigenvalue weighted by Gasteiger charge is -2.14. The Hall–Kier alpha value is -2.83. The number of carboxylic acids is 1. The molecule has 23 heavy (non-hydrogen) atoms. The summed E-state index contributed by atoms with van der Waals surface area (Å²) in [4.78, 5) is 34.3. The molecule has 0 spiro atoms. The van der Waals surface area contributed by atoms with Crippen LogP contribution in [0.2, 0.25) is 0 Å². The first-order valence-corrected chi connectivity index (χ1v) is 7.14. The van der Waals surface area contributed by atoms with Gasteiger partial charge in [0.2, 0.25) is 5.91 Å². The fourth-order valence-corrected chi connectivity index (χ4v) is 2.34. The van der Waals surface area contributed by atoms with E-state index in [0.29, 0.717) is 5.69 Å². The molecule has 0 unspecified atom stereocenters. The number of nitrogens with one attached hydrogen (secondary N) is 2.